The Morgan fingerprint density at radius 1 is 0.929 bits per heavy atom. The van der Waals surface area contributed by atoms with Crippen LogP contribution < -0.4 is 16.4 Å². The minimum absolute atomic E-state index is 0.137. The van der Waals surface area contributed by atoms with Gasteiger partial charge in [0.05, 0.1) is 17.3 Å². The van der Waals surface area contributed by atoms with E-state index in [9.17, 15) is 14.0 Å². The van der Waals surface area contributed by atoms with Gasteiger partial charge in [-0.15, -0.1) is 0 Å². The lowest BCUT2D eigenvalue weighted by molar-refractivity contribution is -0.117. The number of amides is 2. The van der Waals surface area contributed by atoms with Crippen LogP contribution in [0.5, 0.6) is 0 Å². The standard InChI is InChI=1S/C22H20FN3O2/c1-14(15-5-3-2-4-6-15)21(27)25-18-10-7-16(8-11-18)22(28)26-20-12-9-17(23)13-19(20)24/h2-14H,24H2,1H3,(H,25,27)(H,26,28)/t14-/m1/s1. The van der Waals surface area contributed by atoms with Crippen LogP contribution in [-0.2, 0) is 4.79 Å². The number of nitrogens with one attached hydrogen (secondary N) is 2. The van der Waals surface area contributed by atoms with Gasteiger partial charge in [-0.25, -0.2) is 4.39 Å². The molecule has 0 aliphatic rings. The molecule has 28 heavy (non-hydrogen) atoms. The minimum atomic E-state index is -0.472. The molecule has 0 unspecified atom stereocenters. The summed E-state index contributed by atoms with van der Waals surface area (Å²) in [6.07, 6.45) is 0. The number of rotatable bonds is 5. The van der Waals surface area contributed by atoms with Gasteiger partial charge < -0.3 is 16.4 Å². The number of carbonyl (C=O) groups is 2. The molecular weight excluding hydrogens is 357 g/mol. The van der Waals surface area contributed by atoms with Gasteiger partial charge in [-0.05, 0) is 55.0 Å². The van der Waals surface area contributed by atoms with Crippen LogP contribution in [0.2, 0.25) is 0 Å². The lowest BCUT2D eigenvalue weighted by Crippen LogP contribution is -2.19. The Kier molecular flexibility index (Phi) is 5.69. The van der Waals surface area contributed by atoms with Crippen LogP contribution in [0.15, 0.2) is 72.8 Å². The molecule has 0 spiro atoms. The molecule has 0 heterocycles. The van der Waals surface area contributed by atoms with Crippen LogP contribution in [0.3, 0.4) is 0 Å². The van der Waals surface area contributed by atoms with E-state index in [4.69, 9.17) is 5.73 Å². The van der Waals surface area contributed by atoms with E-state index < -0.39 is 5.82 Å². The molecular formula is C22H20FN3O2. The van der Waals surface area contributed by atoms with Crippen LogP contribution in [-0.4, -0.2) is 11.8 Å². The largest absolute Gasteiger partial charge is 0.397 e. The number of nitrogens with two attached hydrogens (primary N) is 1. The van der Waals surface area contributed by atoms with E-state index in [1.165, 1.54) is 12.1 Å². The Hall–Kier alpha value is -3.67. The summed E-state index contributed by atoms with van der Waals surface area (Å²) >= 11 is 0. The van der Waals surface area contributed by atoms with Crippen molar-refractivity contribution in [2.45, 2.75) is 12.8 Å². The van der Waals surface area contributed by atoms with Crippen LogP contribution in [0.4, 0.5) is 21.5 Å². The molecule has 0 aliphatic carbocycles. The molecule has 142 valence electrons. The molecule has 1 atom stereocenters. The van der Waals surface area contributed by atoms with E-state index >= 15 is 0 Å². The van der Waals surface area contributed by atoms with Gasteiger partial charge in [0.15, 0.2) is 0 Å². The number of carbonyl (C=O) groups excluding carboxylic acids is 2. The van der Waals surface area contributed by atoms with Crippen molar-refractivity contribution < 1.29 is 14.0 Å². The average molecular weight is 377 g/mol. The monoisotopic (exact) mass is 377 g/mol. The summed E-state index contributed by atoms with van der Waals surface area (Å²) in [7, 11) is 0. The van der Waals surface area contributed by atoms with E-state index in [1.54, 1.807) is 24.3 Å². The highest BCUT2D eigenvalue weighted by atomic mass is 19.1. The first kappa shape index (κ1) is 19.1. The number of nitrogen functional groups attached to an aromatic ring is 1. The molecule has 0 saturated heterocycles. The summed E-state index contributed by atoms with van der Waals surface area (Å²) in [5.41, 5.74) is 8.08. The molecule has 6 heteroatoms. The third-order valence-corrected chi connectivity index (χ3v) is 4.37. The first-order valence-electron chi connectivity index (χ1n) is 8.76. The number of halogens is 1. The van der Waals surface area contributed by atoms with Gasteiger partial charge >= 0.3 is 0 Å². The molecule has 0 aliphatic heterocycles. The van der Waals surface area contributed by atoms with Crippen molar-refractivity contribution in [1.82, 2.24) is 0 Å². The molecule has 3 rings (SSSR count). The Morgan fingerprint density at radius 2 is 1.61 bits per heavy atom. The van der Waals surface area contributed by atoms with Crippen LogP contribution in [0.25, 0.3) is 0 Å². The van der Waals surface area contributed by atoms with Gasteiger partial charge in [0.1, 0.15) is 5.82 Å². The number of hydrogen-bond acceptors (Lipinski definition) is 3. The second kappa shape index (κ2) is 8.35. The van der Waals surface area contributed by atoms with E-state index in [-0.39, 0.29) is 23.4 Å². The predicted octanol–water partition coefficient (Wildman–Crippen LogP) is 4.40. The number of benzene rings is 3. The molecule has 0 radical (unpaired) electrons. The van der Waals surface area contributed by atoms with E-state index in [2.05, 4.69) is 10.6 Å². The Labute approximate surface area is 162 Å². The smallest absolute Gasteiger partial charge is 0.255 e. The summed E-state index contributed by atoms with van der Waals surface area (Å²) < 4.78 is 13.1. The fraction of sp³-hybridized carbons (Fsp3) is 0.0909. The third-order valence-electron chi connectivity index (χ3n) is 4.37. The van der Waals surface area contributed by atoms with E-state index in [0.717, 1.165) is 11.6 Å². The molecule has 3 aromatic carbocycles. The first-order valence-corrected chi connectivity index (χ1v) is 8.76. The summed E-state index contributed by atoms with van der Waals surface area (Å²) in [6, 6.07) is 19.7. The van der Waals surface area contributed by atoms with Crippen LogP contribution in [0, 0.1) is 5.82 Å². The Bertz CT molecular complexity index is 988. The van der Waals surface area contributed by atoms with Crippen molar-refractivity contribution >= 4 is 28.9 Å². The highest BCUT2D eigenvalue weighted by Crippen LogP contribution is 2.21. The minimum Gasteiger partial charge on any atom is -0.397 e. The molecule has 5 nitrogen and oxygen atoms in total. The van der Waals surface area contributed by atoms with Crippen molar-refractivity contribution in [3.63, 3.8) is 0 Å². The zero-order valence-electron chi connectivity index (χ0n) is 15.3. The van der Waals surface area contributed by atoms with Gasteiger partial charge in [-0.1, -0.05) is 30.3 Å². The second-order valence-electron chi connectivity index (χ2n) is 6.38. The molecule has 3 aromatic rings. The second-order valence-corrected chi connectivity index (χ2v) is 6.38. The SMILES string of the molecule is C[C@@H](C(=O)Nc1ccc(C(=O)Nc2ccc(F)cc2N)cc1)c1ccccc1. The molecule has 4 N–H and O–H groups in total. The lowest BCUT2D eigenvalue weighted by Gasteiger charge is -2.13. The molecule has 0 aromatic heterocycles. The van der Waals surface area contributed by atoms with E-state index in [1.807, 2.05) is 37.3 Å². The average Bonchev–Trinajstić information content (AvgIpc) is 2.70. The highest BCUT2D eigenvalue weighted by Gasteiger charge is 2.15. The molecule has 0 saturated carbocycles. The van der Waals surface area contributed by atoms with Gasteiger partial charge in [0.2, 0.25) is 5.91 Å². The maximum Gasteiger partial charge on any atom is 0.255 e. The highest BCUT2D eigenvalue weighted by molar-refractivity contribution is 6.06. The molecule has 0 fully saturated rings. The van der Waals surface area contributed by atoms with Crippen molar-refractivity contribution in [3.05, 3.63) is 89.7 Å². The summed E-state index contributed by atoms with van der Waals surface area (Å²) in [4.78, 5) is 24.7. The van der Waals surface area contributed by atoms with Gasteiger partial charge in [-0.3, -0.25) is 9.59 Å². The van der Waals surface area contributed by atoms with Crippen molar-refractivity contribution in [3.8, 4) is 0 Å². The van der Waals surface area contributed by atoms with Crippen molar-refractivity contribution in [1.29, 1.82) is 0 Å². The zero-order valence-corrected chi connectivity index (χ0v) is 15.3. The fourth-order valence-corrected chi connectivity index (χ4v) is 2.69. The summed E-state index contributed by atoms with van der Waals surface area (Å²) in [5.74, 6) is -1.29. The third kappa shape index (κ3) is 4.54. The lowest BCUT2D eigenvalue weighted by atomic mass is 10.0. The molecule has 0 bridgehead atoms. The normalized spacial score (nSPS) is 11.5. The van der Waals surface area contributed by atoms with Crippen molar-refractivity contribution in [2.24, 2.45) is 0 Å². The van der Waals surface area contributed by atoms with Crippen LogP contribution in [0.1, 0.15) is 28.8 Å². The Morgan fingerprint density at radius 3 is 2.25 bits per heavy atom. The Balaban J connectivity index is 1.64. The summed E-state index contributed by atoms with van der Waals surface area (Å²) in [6.45, 7) is 1.83. The topological polar surface area (TPSA) is 84.2 Å². The maximum atomic E-state index is 13.1. The summed E-state index contributed by atoms with van der Waals surface area (Å²) in [5, 5.41) is 5.47. The predicted molar refractivity (Wildman–Crippen MR) is 109 cm³/mol. The van der Waals surface area contributed by atoms with E-state index in [0.29, 0.717) is 16.9 Å². The number of hydrogen-bond donors (Lipinski definition) is 3. The fourth-order valence-electron chi connectivity index (χ4n) is 2.69. The van der Waals surface area contributed by atoms with Gasteiger partial charge in [-0.2, -0.15) is 0 Å². The van der Waals surface area contributed by atoms with Gasteiger partial charge in [0.25, 0.3) is 5.91 Å². The van der Waals surface area contributed by atoms with Gasteiger partial charge in [0, 0.05) is 11.3 Å². The quantitative estimate of drug-likeness (QED) is 0.576. The van der Waals surface area contributed by atoms with Crippen molar-refractivity contribution in [2.75, 3.05) is 16.4 Å². The molecule has 2 amide bonds. The first-order chi connectivity index (χ1) is 13.4. The van der Waals surface area contributed by atoms with Crippen LogP contribution >= 0.6 is 0 Å². The maximum absolute atomic E-state index is 13.1. The zero-order chi connectivity index (χ0) is 20.1. The number of anilines is 3.